The number of benzene rings is 3. The van der Waals surface area contributed by atoms with Crippen LogP contribution in [0.1, 0.15) is 33.4 Å². The Kier molecular flexibility index (Phi) is 10.2. The summed E-state index contributed by atoms with van der Waals surface area (Å²) in [5.74, 6) is -2.66. The van der Waals surface area contributed by atoms with Crippen molar-refractivity contribution in [1.29, 1.82) is 5.26 Å². The van der Waals surface area contributed by atoms with E-state index in [1.165, 1.54) is 24.3 Å². The van der Waals surface area contributed by atoms with Crippen LogP contribution in [0.3, 0.4) is 0 Å². The molecule has 10 heteroatoms. The Hall–Kier alpha value is -4.50. The Bertz CT molecular complexity index is 1520. The molecule has 0 aliphatic rings. The van der Waals surface area contributed by atoms with E-state index >= 15 is 0 Å². The maximum Gasteiger partial charge on any atom is 0.262 e. The van der Waals surface area contributed by atoms with Crippen molar-refractivity contribution in [2.24, 2.45) is 0 Å². The van der Waals surface area contributed by atoms with E-state index in [2.05, 4.69) is 15.5 Å². The van der Waals surface area contributed by atoms with Crippen LogP contribution >= 0.6 is 23.2 Å². The van der Waals surface area contributed by atoms with Gasteiger partial charge in [0.1, 0.15) is 23.3 Å². The van der Waals surface area contributed by atoms with Gasteiger partial charge in [-0.05, 0) is 60.4 Å². The minimum absolute atomic E-state index is 0.0428. The van der Waals surface area contributed by atoms with Gasteiger partial charge in [0.15, 0.2) is 0 Å². The van der Waals surface area contributed by atoms with E-state index in [-0.39, 0.29) is 45.5 Å². The average molecular weight is 579 g/mol. The molecule has 2 N–H and O–H groups in total. The number of aryl methyl sites for hydroxylation is 2. The molecule has 0 aliphatic carbocycles. The Balaban J connectivity index is 1.67. The molecule has 0 saturated carbocycles. The lowest BCUT2D eigenvalue weighted by molar-refractivity contribution is -0.118. The summed E-state index contributed by atoms with van der Waals surface area (Å²) in [5, 5.41) is 14.8. The third-order valence-electron chi connectivity index (χ3n) is 5.82. The summed E-state index contributed by atoms with van der Waals surface area (Å²) in [7, 11) is 0. The Morgan fingerprint density at radius 2 is 1.40 bits per heavy atom. The largest absolute Gasteiger partial charge is 0.357 e. The highest BCUT2D eigenvalue weighted by Crippen LogP contribution is 2.26. The first-order valence-electron chi connectivity index (χ1n) is 11.8. The summed E-state index contributed by atoms with van der Waals surface area (Å²) < 4.78 is 28.9. The van der Waals surface area contributed by atoms with Crippen LogP contribution in [0.15, 0.2) is 59.8 Å². The standard InChI is InChI=1S/C30H22Cl2F2N4O2/c1-17-7-9-24(31)22(27(17)33)12-21(14-35)29(39)37-15-19-5-4-6-20(11-19)16-38-30(40)26(36-3)13-23-25(32)10-8-18(2)28(23)34/h4-13H,15-16H2,1-2H3,(H,37,39)(H,38,40). The lowest BCUT2D eigenvalue weighted by atomic mass is 10.1. The van der Waals surface area contributed by atoms with E-state index in [9.17, 15) is 23.6 Å². The topological polar surface area (TPSA) is 86.3 Å². The van der Waals surface area contributed by atoms with Crippen LogP contribution in [0.4, 0.5) is 8.78 Å². The third kappa shape index (κ3) is 7.33. The summed E-state index contributed by atoms with van der Waals surface area (Å²) in [5.41, 5.74) is 1.22. The van der Waals surface area contributed by atoms with Gasteiger partial charge in [0, 0.05) is 29.2 Å². The highest BCUT2D eigenvalue weighted by Gasteiger charge is 2.16. The molecule has 0 aromatic heterocycles. The van der Waals surface area contributed by atoms with Crippen LogP contribution in [0.25, 0.3) is 17.0 Å². The Morgan fingerprint density at radius 3 is 1.90 bits per heavy atom. The van der Waals surface area contributed by atoms with Crippen LogP contribution in [-0.2, 0) is 22.7 Å². The number of carbonyl (C=O) groups is 2. The van der Waals surface area contributed by atoms with Crippen molar-refractivity contribution in [2.45, 2.75) is 26.9 Å². The van der Waals surface area contributed by atoms with Crippen molar-refractivity contribution < 1.29 is 18.4 Å². The molecule has 0 bridgehead atoms. The quantitative estimate of drug-likeness (QED) is 0.177. The highest BCUT2D eigenvalue weighted by atomic mass is 35.5. The van der Waals surface area contributed by atoms with Crippen molar-refractivity contribution >= 4 is 47.2 Å². The molecule has 0 fully saturated rings. The van der Waals surface area contributed by atoms with Gasteiger partial charge < -0.3 is 10.6 Å². The molecule has 0 radical (unpaired) electrons. The minimum atomic E-state index is -0.716. The molecule has 0 spiro atoms. The van der Waals surface area contributed by atoms with Crippen LogP contribution in [0.5, 0.6) is 0 Å². The van der Waals surface area contributed by atoms with E-state index in [0.29, 0.717) is 22.3 Å². The fourth-order valence-corrected chi connectivity index (χ4v) is 4.00. The van der Waals surface area contributed by atoms with Crippen LogP contribution in [0.2, 0.25) is 10.0 Å². The van der Waals surface area contributed by atoms with Gasteiger partial charge in [0.2, 0.25) is 0 Å². The number of rotatable bonds is 8. The van der Waals surface area contributed by atoms with Gasteiger partial charge in [0.05, 0.1) is 11.6 Å². The van der Waals surface area contributed by atoms with Crippen LogP contribution in [-0.4, -0.2) is 11.8 Å². The molecular weight excluding hydrogens is 557 g/mol. The van der Waals surface area contributed by atoms with E-state index in [4.69, 9.17) is 29.8 Å². The first-order valence-corrected chi connectivity index (χ1v) is 12.6. The molecule has 6 nitrogen and oxygen atoms in total. The van der Waals surface area contributed by atoms with Gasteiger partial charge in [0.25, 0.3) is 17.5 Å². The number of hydrogen-bond acceptors (Lipinski definition) is 3. The molecule has 0 heterocycles. The molecule has 0 saturated heterocycles. The summed E-state index contributed by atoms with van der Waals surface area (Å²) in [4.78, 5) is 28.4. The Morgan fingerprint density at radius 1 is 0.900 bits per heavy atom. The van der Waals surface area contributed by atoms with Crippen molar-refractivity contribution in [1.82, 2.24) is 10.6 Å². The zero-order chi connectivity index (χ0) is 29.4. The van der Waals surface area contributed by atoms with Crippen molar-refractivity contribution in [3.63, 3.8) is 0 Å². The number of carbonyl (C=O) groups excluding carboxylic acids is 2. The van der Waals surface area contributed by atoms with E-state index in [0.717, 1.165) is 12.2 Å². The number of nitrogens with one attached hydrogen (secondary N) is 2. The second-order valence-electron chi connectivity index (χ2n) is 8.68. The zero-order valence-electron chi connectivity index (χ0n) is 21.4. The minimum Gasteiger partial charge on any atom is -0.357 e. The van der Waals surface area contributed by atoms with Crippen molar-refractivity contribution in [2.75, 3.05) is 0 Å². The first kappa shape index (κ1) is 30.0. The normalized spacial score (nSPS) is 11.4. The summed E-state index contributed by atoms with van der Waals surface area (Å²) in [6.07, 6.45) is 2.21. The molecule has 40 heavy (non-hydrogen) atoms. The van der Waals surface area contributed by atoms with Gasteiger partial charge in [-0.3, -0.25) is 9.59 Å². The van der Waals surface area contributed by atoms with Gasteiger partial charge in [-0.25, -0.2) is 13.6 Å². The smallest absolute Gasteiger partial charge is 0.262 e. The number of amides is 2. The van der Waals surface area contributed by atoms with E-state index in [1.54, 1.807) is 44.2 Å². The molecular formula is C30H22Cl2F2N4O2. The molecule has 0 unspecified atom stereocenters. The average Bonchev–Trinajstić information content (AvgIpc) is 2.95. The van der Waals surface area contributed by atoms with Gasteiger partial charge in [-0.2, -0.15) is 5.26 Å². The predicted octanol–water partition coefficient (Wildman–Crippen LogP) is 6.69. The third-order valence-corrected chi connectivity index (χ3v) is 6.48. The SMILES string of the molecule is [C-]#[N+]C(=Cc1c(Cl)ccc(C)c1F)C(=O)NCc1cccc(CNC(=O)C(C#N)=Cc2c(Cl)ccc(C)c2F)c1. The van der Waals surface area contributed by atoms with Crippen LogP contribution < -0.4 is 10.6 Å². The molecule has 3 aromatic carbocycles. The summed E-state index contributed by atoms with van der Waals surface area (Å²) in [6, 6.07) is 14.6. The number of halogens is 4. The van der Waals surface area contributed by atoms with Gasteiger partial charge in [-0.15, -0.1) is 0 Å². The molecule has 0 aliphatic heterocycles. The molecule has 202 valence electrons. The molecule has 0 atom stereocenters. The second kappa shape index (κ2) is 13.5. The molecule has 3 rings (SSSR count). The fourth-order valence-electron chi connectivity index (χ4n) is 3.60. The maximum absolute atomic E-state index is 14.4. The second-order valence-corrected chi connectivity index (χ2v) is 9.49. The monoisotopic (exact) mass is 578 g/mol. The Labute approximate surface area is 240 Å². The maximum atomic E-state index is 14.4. The van der Waals surface area contributed by atoms with E-state index < -0.39 is 23.4 Å². The number of nitriles is 1. The van der Waals surface area contributed by atoms with Gasteiger partial charge in [-0.1, -0.05) is 59.6 Å². The highest BCUT2D eigenvalue weighted by molar-refractivity contribution is 6.32. The lowest BCUT2D eigenvalue weighted by Crippen LogP contribution is -2.25. The van der Waals surface area contributed by atoms with Gasteiger partial charge >= 0.3 is 0 Å². The lowest BCUT2D eigenvalue weighted by Gasteiger charge is -2.09. The van der Waals surface area contributed by atoms with Crippen LogP contribution in [0, 0.1) is 43.4 Å². The van der Waals surface area contributed by atoms with E-state index in [1.807, 2.05) is 0 Å². The number of hydrogen-bond donors (Lipinski definition) is 2. The summed E-state index contributed by atoms with van der Waals surface area (Å²) in [6.45, 7) is 10.5. The first-order chi connectivity index (χ1) is 19.0. The summed E-state index contributed by atoms with van der Waals surface area (Å²) >= 11 is 12.1. The fraction of sp³-hybridized carbons (Fsp3) is 0.133. The number of nitrogens with zero attached hydrogens (tertiary/aromatic N) is 2. The molecule has 2 amide bonds. The predicted molar refractivity (Wildman–Crippen MR) is 151 cm³/mol. The zero-order valence-corrected chi connectivity index (χ0v) is 22.9. The molecule has 3 aromatic rings. The van der Waals surface area contributed by atoms with Crippen molar-refractivity contribution in [3.05, 3.63) is 126 Å². The van der Waals surface area contributed by atoms with Crippen molar-refractivity contribution in [3.8, 4) is 6.07 Å².